The number of halogens is 2. The first-order valence-corrected chi connectivity index (χ1v) is 10.3. The van der Waals surface area contributed by atoms with Crippen LogP contribution in [0.1, 0.15) is 5.56 Å². The van der Waals surface area contributed by atoms with Gasteiger partial charge in [0.25, 0.3) is 5.56 Å². The molecule has 0 atom stereocenters. The van der Waals surface area contributed by atoms with Crippen LogP contribution in [0.25, 0.3) is 11.2 Å². The van der Waals surface area contributed by atoms with Gasteiger partial charge in [0.1, 0.15) is 5.75 Å². The fraction of sp³-hybridized carbons (Fsp3) is 0.150. The van der Waals surface area contributed by atoms with Crippen LogP contribution < -0.4 is 16.0 Å². The molecule has 0 aliphatic carbocycles. The Labute approximate surface area is 182 Å². The first-order valence-electron chi connectivity index (χ1n) is 8.70. The van der Waals surface area contributed by atoms with Crippen molar-refractivity contribution in [1.82, 2.24) is 18.7 Å². The molecule has 0 bridgehead atoms. The molecule has 0 saturated carbocycles. The van der Waals surface area contributed by atoms with Crippen molar-refractivity contribution in [3.8, 4) is 11.8 Å². The van der Waals surface area contributed by atoms with Crippen LogP contribution in [0.2, 0.25) is 0 Å². The van der Waals surface area contributed by atoms with Crippen molar-refractivity contribution in [1.29, 1.82) is 0 Å². The Morgan fingerprint density at radius 3 is 2.41 bits per heavy atom. The third-order valence-electron chi connectivity index (χ3n) is 4.59. The van der Waals surface area contributed by atoms with Crippen molar-refractivity contribution in [2.75, 3.05) is 0 Å². The zero-order valence-corrected chi connectivity index (χ0v) is 18.8. The number of imidazole rings is 1. The summed E-state index contributed by atoms with van der Waals surface area (Å²) < 4.78 is 11.8. The smallest absolute Gasteiger partial charge is 0.332 e. The Balaban J connectivity index is 1.96. The predicted molar refractivity (Wildman–Crippen MR) is 118 cm³/mol. The summed E-state index contributed by atoms with van der Waals surface area (Å²) in [5, 5.41) is 0. The molecule has 148 valence electrons. The van der Waals surface area contributed by atoms with Crippen LogP contribution in [0, 0.1) is 0 Å². The lowest BCUT2D eigenvalue weighted by Crippen LogP contribution is -2.37. The number of benzene rings is 2. The Morgan fingerprint density at radius 2 is 1.72 bits per heavy atom. The van der Waals surface area contributed by atoms with E-state index >= 15 is 0 Å². The molecule has 0 radical (unpaired) electrons. The van der Waals surface area contributed by atoms with Gasteiger partial charge in [-0.15, -0.1) is 0 Å². The summed E-state index contributed by atoms with van der Waals surface area (Å²) >= 11 is 6.89. The van der Waals surface area contributed by atoms with Gasteiger partial charge in [-0.05, 0) is 39.7 Å². The zero-order chi connectivity index (χ0) is 20.7. The summed E-state index contributed by atoms with van der Waals surface area (Å²) in [5.41, 5.74) is 0.695. The number of rotatable bonds is 4. The Hall–Kier alpha value is -2.65. The van der Waals surface area contributed by atoms with Gasteiger partial charge < -0.3 is 4.74 Å². The van der Waals surface area contributed by atoms with Crippen molar-refractivity contribution in [2.45, 2.75) is 6.54 Å². The van der Waals surface area contributed by atoms with Crippen molar-refractivity contribution >= 4 is 43.0 Å². The monoisotopic (exact) mass is 518 g/mol. The number of aromatic nitrogens is 4. The molecule has 0 unspecified atom stereocenters. The van der Waals surface area contributed by atoms with E-state index in [0.717, 1.165) is 19.1 Å². The summed E-state index contributed by atoms with van der Waals surface area (Å²) in [5.74, 6) is 0.541. The molecule has 0 aliphatic rings. The van der Waals surface area contributed by atoms with Gasteiger partial charge in [-0.3, -0.25) is 18.5 Å². The van der Waals surface area contributed by atoms with Gasteiger partial charge >= 0.3 is 11.7 Å². The number of fused-ring (bicyclic) bond motifs is 1. The van der Waals surface area contributed by atoms with Gasteiger partial charge in [0.15, 0.2) is 11.2 Å². The third-order valence-corrected chi connectivity index (χ3v) is 5.70. The van der Waals surface area contributed by atoms with E-state index in [4.69, 9.17) is 4.74 Å². The Bertz CT molecular complexity index is 1340. The second-order valence-electron chi connectivity index (χ2n) is 6.52. The lowest BCUT2D eigenvalue weighted by molar-refractivity contribution is 0.418. The second kappa shape index (κ2) is 7.64. The molecule has 4 rings (SSSR count). The first-order chi connectivity index (χ1) is 13.9. The van der Waals surface area contributed by atoms with Crippen LogP contribution in [0.4, 0.5) is 0 Å². The average molecular weight is 520 g/mol. The van der Waals surface area contributed by atoms with E-state index in [9.17, 15) is 9.59 Å². The Morgan fingerprint density at radius 1 is 1.00 bits per heavy atom. The van der Waals surface area contributed by atoms with Crippen LogP contribution >= 0.6 is 31.9 Å². The van der Waals surface area contributed by atoms with E-state index in [1.807, 2.05) is 42.5 Å². The minimum atomic E-state index is -0.441. The van der Waals surface area contributed by atoms with Crippen LogP contribution in [-0.2, 0) is 20.6 Å². The quantitative estimate of drug-likeness (QED) is 0.411. The molecule has 0 N–H and O–H groups in total. The topological polar surface area (TPSA) is 71.1 Å². The normalized spacial score (nSPS) is 11.2. The minimum absolute atomic E-state index is 0.227. The maximum absolute atomic E-state index is 12.9. The molecule has 0 saturated heterocycles. The van der Waals surface area contributed by atoms with Gasteiger partial charge in [0.2, 0.25) is 0 Å². The standard InChI is InChI=1S/C20H16Br2N4O3/c1-24-17-16(18(27)25(2)20(24)28)26(11-12-6-4-3-5-7-12)19(23-17)29-15-9-8-13(21)10-14(15)22/h3-10H,11H2,1-2H3. The second-order valence-corrected chi connectivity index (χ2v) is 8.29. The van der Waals surface area contributed by atoms with E-state index in [-0.39, 0.29) is 11.7 Å². The van der Waals surface area contributed by atoms with Gasteiger partial charge in [0.05, 0.1) is 11.0 Å². The molecule has 0 amide bonds. The van der Waals surface area contributed by atoms with Crippen LogP contribution in [0.15, 0.2) is 67.1 Å². The molecular weight excluding hydrogens is 504 g/mol. The molecule has 4 aromatic rings. The van der Waals surface area contributed by atoms with E-state index in [0.29, 0.717) is 17.8 Å². The lowest BCUT2D eigenvalue weighted by Gasteiger charge is -2.11. The van der Waals surface area contributed by atoms with Gasteiger partial charge in [-0.1, -0.05) is 46.3 Å². The van der Waals surface area contributed by atoms with Gasteiger partial charge in [-0.25, -0.2) is 4.79 Å². The molecule has 2 heterocycles. The van der Waals surface area contributed by atoms with E-state index in [2.05, 4.69) is 36.8 Å². The summed E-state index contributed by atoms with van der Waals surface area (Å²) in [6, 6.07) is 15.4. The molecule has 2 aromatic carbocycles. The number of nitrogens with zero attached hydrogens (tertiary/aromatic N) is 4. The highest BCUT2D eigenvalue weighted by molar-refractivity contribution is 9.11. The summed E-state index contributed by atoms with van der Waals surface area (Å²) in [6.07, 6.45) is 0. The lowest BCUT2D eigenvalue weighted by atomic mass is 10.2. The van der Waals surface area contributed by atoms with E-state index < -0.39 is 11.2 Å². The Kier molecular flexibility index (Phi) is 5.18. The number of hydrogen-bond acceptors (Lipinski definition) is 4. The molecule has 2 aromatic heterocycles. The number of hydrogen-bond donors (Lipinski definition) is 0. The largest absolute Gasteiger partial charge is 0.424 e. The SMILES string of the molecule is Cn1c(=O)c2c(nc(Oc3ccc(Br)cc3Br)n2Cc2ccccc2)n(C)c1=O. The highest BCUT2D eigenvalue weighted by atomic mass is 79.9. The fourth-order valence-electron chi connectivity index (χ4n) is 3.07. The molecular formula is C20H16Br2N4O3. The maximum atomic E-state index is 12.9. The molecule has 0 spiro atoms. The maximum Gasteiger partial charge on any atom is 0.332 e. The third kappa shape index (κ3) is 3.56. The highest BCUT2D eigenvalue weighted by Crippen LogP contribution is 2.32. The summed E-state index contributed by atoms with van der Waals surface area (Å²) in [6.45, 7) is 0.369. The van der Waals surface area contributed by atoms with E-state index in [1.54, 1.807) is 17.7 Å². The average Bonchev–Trinajstić information content (AvgIpc) is 3.06. The van der Waals surface area contributed by atoms with Crippen molar-refractivity contribution < 1.29 is 4.74 Å². The number of ether oxygens (including phenoxy) is 1. The van der Waals surface area contributed by atoms with Crippen molar-refractivity contribution in [3.05, 3.63) is 83.9 Å². The molecule has 0 aliphatic heterocycles. The van der Waals surface area contributed by atoms with Crippen molar-refractivity contribution in [2.24, 2.45) is 14.1 Å². The first kappa shape index (κ1) is 19.7. The fourth-order valence-corrected chi connectivity index (χ4v) is 4.20. The van der Waals surface area contributed by atoms with Crippen molar-refractivity contribution in [3.63, 3.8) is 0 Å². The molecule has 9 heteroatoms. The van der Waals surface area contributed by atoms with Crippen LogP contribution in [0.5, 0.6) is 11.8 Å². The predicted octanol–water partition coefficient (Wildman–Crippen LogP) is 3.80. The molecule has 29 heavy (non-hydrogen) atoms. The zero-order valence-electron chi connectivity index (χ0n) is 15.6. The van der Waals surface area contributed by atoms with Crippen LogP contribution in [-0.4, -0.2) is 18.7 Å². The van der Waals surface area contributed by atoms with E-state index in [1.165, 1.54) is 11.6 Å². The summed E-state index contributed by atoms with van der Waals surface area (Å²) in [4.78, 5) is 29.8. The highest BCUT2D eigenvalue weighted by Gasteiger charge is 2.21. The number of aryl methyl sites for hydroxylation is 1. The summed E-state index contributed by atoms with van der Waals surface area (Å²) in [7, 11) is 3.04. The molecule has 7 nitrogen and oxygen atoms in total. The molecule has 0 fully saturated rings. The van der Waals surface area contributed by atoms with Gasteiger partial charge in [-0.2, -0.15) is 4.98 Å². The minimum Gasteiger partial charge on any atom is -0.424 e. The van der Waals surface area contributed by atoms with Crippen LogP contribution in [0.3, 0.4) is 0 Å². The van der Waals surface area contributed by atoms with Gasteiger partial charge in [0, 0.05) is 18.6 Å².